The van der Waals surface area contributed by atoms with Crippen molar-refractivity contribution in [1.82, 2.24) is 19.5 Å². The second-order valence-electron chi connectivity index (χ2n) is 10.4. The van der Waals surface area contributed by atoms with E-state index in [-0.39, 0.29) is 28.4 Å². The molecule has 4 fully saturated rings. The Hall–Kier alpha value is -2.38. The third-order valence-electron chi connectivity index (χ3n) is 8.40. The molecule has 8 heteroatoms. The van der Waals surface area contributed by atoms with Crippen molar-refractivity contribution in [3.63, 3.8) is 0 Å². The Labute approximate surface area is 188 Å². The van der Waals surface area contributed by atoms with Gasteiger partial charge in [-0.15, -0.1) is 0 Å². The molecule has 2 aromatic rings. The summed E-state index contributed by atoms with van der Waals surface area (Å²) in [6.07, 6.45) is 13.1. The Morgan fingerprint density at radius 3 is 2.47 bits per heavy atom. The van der Waals surface area contributed by atoms with Crippen molar-refractivity contribution in [2.75, 3.05) is 0 Å². The van der Waals surface area contributed by atoms with E-state index in [0.717, 1.165) is 70.0 Å². The number of aromatic nitrogens is 4. The van der Waals surface area contributed by atoms with Crippen LogP contribution in [-0.2, 0) is 16.8 Å². The number of nitrogens with one attached hydrogen (secondary N) is 1. The fourth-order valence-electron chi connectivity index (χ4n) is 6.27. The van der Waals surface area contributed by atoms with Gasteiger partial charge in [-0.05, 0) is 82.5 Å². The normalized spacial score (nSPS) is 27.9. The number of primary amides is 1. The molecule has 4 aliphatic carbocycles. The third kappa shape index (κ3) is 3.71. The minimum Gasteiger partial charge on any atom is -0.461 e. The number of nitrogens with two attached hydrogens (primary N) is 1. The number of H-pyrrole nitrogens is 1. The SMILES string of the molecule is CCCn1c(OC2CCCC2)nc2nc(C34CCC(CCC(N)=O)(CC3)CC4)[nH]c2c1=O. The summed E-state index contributed by atoms with van der Waals surface area (Å²) in [6.45, 7) is 2.65. The lowest BCUT2D eigenvalue weighted by Crippen LogP contribution is -2.45. The molecule has 0 saturated heterocycles. The minimum absolute atomic E-state index is 0.0241. The number of ether oxygens (including phenoxy) is 1. The van der Waals surface area contributed by atoms with Crippen LogP contribution in [0.5, 0.6) is 6.01 Å². The van der Waals surface area contributed by atoms with E-state index in [1.54, 1.807) is 4.57 Å². The first kappa shape index (κ1) is 21.5. The number of aromatic amines is 1. The van der Waals surface area contributed by atoms with Crippen LogP contribution in [0, 0.1) is 5.41 Å². The smallest absolute Gasteiger partial charge is 0.301 e. The summed E-state index contributed by atoms with van der Waals surface area (Å²) in [7, 11) is 0. The van der Waals surface area contributed by atoms with Gasteiger partial charge in [-0.2, -0.15) is 4.98 Å². The first-order chi connectivity index (χ1) is 15.4. The first-order valence-electron chi connectivity index (χ1n) is 12.4. The number of carbonyl (C=O) groups excluding carboxylic acids is 1. The van der Waals surface area contributed by atoms with Gasteiger partial charge >= 0.3 is 6.01 Å². The summed E-state index contributed by atoms with van der Waals surface area (Å²) in [4.78, 5) is 37.6. The standard InChI is InChI=1S/C24H35N5O3/c1-2-15-29-20(31)18-19(28-22(29)32-16-5-3-4-6-16)27-21(26-18)24-12-9-23(10-13-24,11-14-24)8-7-17(25)30/h16H,2-15H2,1H3,(H2,25,30)(H,26,27). The number of imidazole rings is 1. The molecular formula is C24H35N5O3. The van der Waals surface area contributed by atoms with E-state index in [2.05, 4.69) is 11.9 Å². The Balaban J connectivity index is 1.44. The van der Waals surface area contributed by atoms with Crippen LogP contribution in [0.15, 0.2) is 4.79 Å². The molecule has 0 aromatic carbocycles. The van der Waals surface area contributed by atoms with Gasteiger partial charge in [0, 0.05) is 18.4 Å². The molecule has 6 rings (SSSR count). The second kappa shape index (κ2) is 8.19. The number of nitrogens with zero attached hydrogens (tertiary/aromatic N) is 3. The maximum atomic E-state index is 13.3. The van der Waals surface area contributed by atoms with Crippen molar-refractivity contribution in [3.05, 3.63) is 16.2 Å². The lowest BCUT2D eigenvalue weighted by Gasteiger charge is -2.52. The molecule has 0 aliphatic heterocycles. The van der Waals surface area contributed by atoms with Crippen LogP contribution in [0.4, 0.5) is 0 Å². The van der Waals surface area contributed by atoms with E-state index in [4.69, 9.17) is 20.4 Å². The van der Waals surface area contributed by atoms with Crippen molar-refractivity contribution in [3.8, 4) is 6.01 Å². The molecule has 0 unspecified atom stereocenters. The van der Waals surface area contributed by atoms with Gasteiger partial charge in [0.1, 0.15) is 11.9 Å². The minimum atomic E-state index is -0.205. The molecule has 2 aromatic heterocycles. The molecule has 4 aliphatic rings. The van der Waals surface area contributed by atoms with E-state index in [1.165, 1.54) is 12.8 Å². The van der Waals surface area contributed by atoms with Gasteiger partial charge in [-0.1, -0.05) is 6.92 Å². The van der Waals surface area contributed by atoms with Gasteiger partial charge in [0.25, 0.3) is 5.56 Å². The third-order valence-corrected chi connectivity index (χ3v) is 8.40. The summed E-state index contributed by atoms with van der Waals surface area (Å²) in [5, 5.41) is 0. The van der Waals surface area contributed by atoms with E-state index in [1.807, 2.05) is 0 Å². The van der Waals surface area contributed by atoms with Gasteiger partial charge in [0.05, 0.1) is 0 Å². The van der Waals surface area contributed by atoms with E-state index in [9.17, 15) is 9.59 Å². The van der Waals surface area contributed by atoms with Gasteiger partial charge in [0.15, 0.2) is 11.2 Å². The van der Waals surface area contributed by atoms with Crippen LogP contribution >= 0.6 is 0 Å². The number of fused-ring (bicyclic) bond motifs is 4. The Morgan fingerprint density at radius 2 is 1.84 bits per heavy atom. The zero-order valence-corrected chi connectivity index (χ0v) is 19.1. The van der Waals surface area contributed by atoms with E-state index < -0.39 is 0 Å². The molecule has 32 heavy (non-hydrogen) atoms. The van der Waals surface area contributed by atoms with Crippen molar-refractivity contribution in [1.29, 1.82) is 0 Å². The van der Waals surface area contributed by atoms with Crippen LogP contribution in [0.2, 0.25) is 0 Å². The number of carbonyl (C=O) groups is 1. The monoisotopic (exact) mass is 441 g/mol. The van der Waals surface area contributed by atoms with Crippen LogP contribution < -0.4 is 16.0 Å². The number of amides is 1. The quantitative estimate of drug-likeness (QED) is 0.648. The van der Waals surface area contributed by atoms with Crippen molar-refractivity contribution >= 4 is 17.1 Å². The summed E-state index contributed by atoms with van der Waals surface area (Å²) in [6, 6.07) is 0.421. The summed E-state index contributed by atoms with van der Waals surface area (Å²) in [5.41, 5.74) is 6.53. The molecule has 8 nitrogen and oxygen atoms in total. The topological polar surface area (TPSA) is 116 Å². The highest BCUT2D eigenvalue weighted by atomic mass is 16.5. The number of hydrogen-bond donors (Lipinski definition) is 2. The molecule has 3 N–H and O–H groups in total. The summed E-state index contributed by atoms with van der Waals surface area (Å²) >= 11 is 0. The van der Waals surface area contributed by atoms with Crippen molar-refractivity contribution in [2.45, 2.75) is 108 Å². The number of hydrogen-bond acceptors (Lipinski definition) is 5. The number of rotatable bonds is 8. The molecule has 174 valence electrons. The average Bonchev–Trinajstić information content (AvgIpc) is 3.47. The fourth-order valence-corrected chi connectivity index (χ4v) is 6.27. The van der Waals surface area contributed by atoms with Crippen LogP contribution in [-0.4, -0.2) is 31.5 Å². The average molecular weight is 442 g/mol. The van der Waals surface area contributed by atoms with E-state index >= 15 is 0 Å². The van der Waals surface area contributed by atoms with Gasteiger partial charge < -0.3 is 15.5 Å². The largest absolute Gasteiger partial charge is 0.461 e. The molecule has 0 spiro atoms. The molecule has 0 atom stereocenters. The summed E-state index contributed by atoms with van der Waals surface area (Å²) in [5.74, 6) is 0.700. The maximum absolute atomic E-state index is 13.3. The Morgan fingerprint density at radius 1 is 1.16 bits per heavy atom. The zero-order valence-electron chi connectivity index (χ0n) is 19.1. The predicted molar refractivity (Wildman–Crippen MR) is 122 cm³/mol. The second-order valence-corrected chi connectivity index (χ2v) is 10.4. The highest BCUT2D eigenvalue weighted by Crippen LogP contribution is 2.58. The van der Waals surface area contributed by atoms with Crippen LogP contribution in [0.25, 0.3) is 11.2 Å². The first-order valence-corrected chi connectivity index (χ1v) is 12.4. The molecular weight excluding hydrogens is 406 g/mol. The lowest BCUT2D eigenvalue weighted by atomic mass is 9.52. The highest BCUT2D eigenvalue weighted by Gasteiger charge is 2.50. The fraction of sp³-hybridized carbons (Fsp3) is 0.750. The van der Waals surface area contributed by atoms with Gasteiger partial charge in [0.2, 0.25) is 5.91 Å². The van der Waals surface area contributed by atoms with Crippen molar-refractivity contribution in [2.24, 2.45) is 11.1 Å². The molecule has 4 saturated carbocycles. The Bertz CT molecular complexity index is 1040. The van der Waals surface area contributed by atoms with Crippen LogP contribution in [0.1, 0.15) is 96.2 Å². The molecule has 0 radical (unpaired) electrons. The zero-order chi connectivity index (χ0) is 22.3. The predicted octanol–water partition coefficient (Wildman–Crippen LogP) is 3.71. The molecule has 2 heterocycles. The van der Waals surface area contributed by atoms with E-state index in [0.29, 0.717) is 30.1 Å². The maximum Gasteiger partial charge on any atom is 0.301 e. The van der Waals surface area contributed by atoms with Crippen LogP contribution in [0.3, 0.4) is 0 Å². The van der Waals surface area contributed by atoms with Crippen molar-refractivity contribution < 1.29 is 9.53 Å². The molecule has 2 bridgehead atoms. The highest BCUT2D eigenvalue weighted by molar-refractivity contribution is 5.73. The van der Waals surface area contributed by atoms with Gasteiger partial charge in [-0.25, -0.2) is 4.98 Å². The molecule has 1 amide bonds. The Kier molecular flexibility index (Phi) is 5.50. The lowest BCUT2D eigenvalue weighted by molar-refractivity contribution is -0.119. The van der Waals surface area contributed by atoms with Gasteiger partial charge in [-0.3, -0.25) is 14.2 Å². The summed E-state index contributed by atoms with van der Waals surface area (Å²) < 4.78 is 7.86.